The lowest BCUT2D eigenvalue weighted by atomic mass is 10.3. The summed E-state index contributed by atoms with van der Waals surface area (Å²) < 4.78 is 26.9. The normalized spacial score (nSPS) is 10.9. The Kier molecular flexibility index (Phi) is 6.74. The second-order valence-electron chi connectivity index (χ2n) is 5.68. The van der Waals surface area contributed by atoms with Crippen LogP contribution >= 0.6 is 11.6 Å². The van der Waals surface area contributed by atoms with Gasteiger partial charge in [-0.25, -0.2) is 14.3 Å². The van der Waals surface area contributed by atoms with Crippen LogP contribution in [0.15, 0.2) is 47.4 Å². The molecule has 2 rings (SSSR count). The Balaban J connectivity index is 2.57. The van der Waals surface area contributed by atoms with Gasteiger partial charge in [0.2, 0.25) is 5.91 Å². The number of nitro groups is 1. The second kappa shape index (κ2) is 8.86. The van der Waals surface area contributed by atoms with Crippen molar-refractivity contribution < 1.29 is 22.9 Å². The molecular formula is C16H16ClN5O6S. The molecule has 29 heavy (non-hydrogen) atoms. The van der Waals surface area contributed by atoms with Gasteiger partial charge >= 0.3 is 0 Å². The third kappa shape index (κ3) is 5.19. The summed E-state index contributed by atoms with van der Waals surface area (Å²) in [5, 5.41) is 13.4. The van der Waals surface area contributed by atoms with E-state index in [-0.39, 0.29) is 21.5 Å². The number of benzene rings is 2. The summed E-state index contributed by atoms with van der Waals surface area (Å²) >= 11 is 6.06. The van der Waals surface area contributed by atoms with Crippen LogP contribution in [0.25, 0.3) is 0 Å². The zero-order chi connectivity index (χ0) is 21.8. The number of hydrogen-bond donors (Lipinski definition) is 3. The van der Waals surface area contributed by atoms with E-state index in [1.807, 2.05) is 0 Å². The third-order valence-electron chi connectivity index (χ3n) is 3.62. The number of halogens is 1. The molecule has 0 aliphatic carbocycles. The van der Waals surface area contributed by atoms with Gasteiger partial charge in [0, 0.05) is 24.7 Å². The van der Waals surface area contributed by atoms with Crippen LogP contribution in [-0.2, 0) is 19.6 Å². The van der Waals surface area contributed by atoms with Crippen molar-refractivity contribution in [3.8, 4) is 0 Å². The summed E-state index contributed by atoms with van der Waals surface area (Å²) in [6.07, 6.45) is 0. The van der Waals surface area contributed by atoms with Gasteiger partial charge in [-0.15, -0.1) is 0 Å². The Labute approximate surface area is 170 Å². The number of hydrogen-bond acceptors (Lipinski definition) is 7. The van der Waals surface area contributed by atoms with E-state index >= 15 is 0 Å². The summed E-state index contributed by atoms with van der Waals surface area (Å²) in [4.78, 5) is 33.0. The third-order valence-corrected chi connectivity index (χ3v) is 5.71. The maximum absolute atomic E-state index is 13.1. The number of non-ortho nitro benzene ring substituents is 1. The molecule has 2 amide bonds. The number of nitrogens with zero attached hydrogens (tertiary/aromatic N) is 2. The predicted molar refractivity (Wildman–Crippen MR) is 106 cm³/mol. The van der Waals surface area contributed by atoms with E-state index in [9.17, 15) is 28.1 Å². The summed E-state index contributed by atoms with van der Waals surface area (Å²) in [5.41, 5.74) is 1.48. The van der Waals surface area contributed by atoms with Crippen molar-refractivity contribution in [3.05, 3.63) is 57.6 Å². The minimum absolute atomic E-state index is 0.126. The molecule has 0 heterocycles. The van der Waals surface area contributed by atoms with Gasteiger partial charge in [-0.3, -0.25) is 29.4 Å². The number of sulfonamides is 1. The topological polar surface area (TPSA) is 165 Å². The largest absolute Gasteiger partial charge is 0.326 e. The summed E-state index contributed by atoms with van der Waals surface area (Å²) in [7, 11) is -4.37. The number of carbonyl (C=O) groups is 2. The number of anilines is 2. The van der Waals surface area contributed by atoms with Crippen molar-refractivity contribution in [1.82, 2.24) is 5.43 Å². The second-order valence-corrected chi connectivity index (χ2v) is 7.95. The van der Waals surface area contributed by atoms with Crippen molar-refractivity contribution in [2.75, 3.05) is 16.2 Å². The van der Waals surface area contributed by atoms with Crippen LogP contribution in [-0.4, -0.2) is 31.7 Å². The van der Waals surface area contributed by atoms with Gasteiger partial charge in [-0.1, -0.05) is 11.6 Å². The molecule has 2 aromatic rings. The SMILES string of the molecule is CC(=O)Nc1ccc(S(=O)(=O)N(CC(=O)NN)c2cc([N+](=O)[O-])ccc2Cl)cc1. The standard InChI is InChI=1S/C16H16ClN5O6S/c1-10(23)19-11-2-5-13(6-3-11)29(27,28)21(9-16(24)20-18)15-8-12(22(25)26)4-7-14(15)17/h2-8H,9,18H2,1H3,(H,19,23)(H,20,24). The molecule has 0 bridgehead atoms. The average molecular weight is 442 g/mol. The Morgan fingerprint density at radius 2 is 1.83 bits per heavy atom. The maximum Gasteiger partial charge on any atom is 0.271 e. The molecule has 0 fully saturated rings. The molecule has 0 atom stereocenters. The average Bonchev–Trinajstić information content (AvgIpc) is 2.66. The number of carbonyl (C=O) groups excluding carboxylic acids is 2. The van der Waals surface area contributed by atoms with Crippen molar-refractivity contribution in [2.24, 2.45) is 5.84 Å². The van der Waals surface area contributed by atoms with Crippen LogP contribution in [0.2, 0.25) is 5.02 Å². The van der Waals surface area contributed by atoms with E-state index in [1.54, 1.807) is 5.43 Å². The van der Waals surface area contributed by atoms with Gasteiger partial charge < -0.3 is 5.32 Å². The number of nitro benzene ring substituents is 1. The predicted octanol–water partition coefficient (Wildman–Crippen LogP) is 1.39. The minimum atomic E-state index is -4.37. The molecule has 4 N–H and O–H groups in total. The zero-order valence-corrected chi connectivity index (χ0v) is 16.5. The summed E-state index contributed by atoms with van der Waals surface area (Å²) in [6.45, 7) is 0.523. The molecule has 0 radical (unpaired) electrons. The van der Waals surface area contributed by atoms with Crippen LogP contribution in [0, 0.1) is 10.1 Å². The van der Waals surface area contributed by atoms with Crippen LogP contribution in [0.3, 0.4) is 0 Å². The molecule has 0 saturated carbocycles. The molecule has 0 aliphatic heterocycles. The first kappa shape index (κ1) is 22.1. The van der Waals surface area contributed by atoms with Gasteiger partial charge in [0.05, 0.1) is 20.5 Å². The summed E-state index contributed by atoms with van der Waals surface area (Å²) in [5.74, 6) is 3.85. The zero-order valence-electron chi connectivity index (χ0n) is 15.0. The highest BCUT2D eigenvalue weighted by Gasteiger charge is 2.30. The van der Waals surface area contributed by atoms with E-state index in [0.29, 0.717) is 9.99 Å². The van der Waals surface area contributed by atoms with Gasteiger partial charge in [-0.05, 0) is 30.3 Å². The van der Waals surface area contributed by atoms with E-state index in [4.69, 9.17) is 17.4 Å². The molecule has 0 saturated heterocycles. The number of amides is 2. The molecule has 0 unspecified atom stereocenters. The van der Waals surface area contributed by atoms with E-state index in [1.165, 1.54) is 31.2 Å². The maximum atomic E-state index is 13.1. The van der Waals surface area contributed by atoms with Crippen LogP contribution in [0.1, 0.15) is 6.92 Å². The smallest absolute Gasteiger partial charge is 0.271 e. The molecule has 154 valence electrons. The molecule has 0 aliphatic rings. The molecule has 11 nitrogen and oxygen atoms in total. The van der Waals surface area contributed by atoms with Crippen molar-refractivity contribution in [2.45, 2.75) is 11.8 Å². The Morgan fingerprint density at radius 3 is 2.34 bits per heavy atom. The highest BCUT2D eigenvalue weighted by Crippen LogP contribution is 2.33. The first-order valence-electron chi connectivity index (χ1n) is 7.90. The molecule has 0 aromatic heterocycles. The highest BCUT2D eigenvalue weighted by molar-refractivity contribution is 7.92. The minimum Gasteiger partial charge on any atom is -0.326 e. The lowest BCUT2D eigenvalue weighted by Crippen LogP contribution is -2.43. The number of hydrazine groups is 1. The first-order valence-corrected chi connectivity index (χ1v) is 9.72. The van der Waals surface area contributed by atoms with Gasteiger partial charge in [-0.2, -0.15) is 0 Å². The van der Waals surface area contributed by atoms with Gasteiger partial charge in [0.15, 0.2) is 0 Å². The molecule has 0 spiro atoms. The number of rotatable bonds is 7. The molecule has 2 aromatic carbocycles. The van der Waals surface area contributed by atoms with E-state index in [0.717, 1.165) is 18.2 Å². The molecular weight excluding hydrogens is 426 g/mol. The van der Waals surface area contributed by atoms with Crippen molar-refractivity contribution in [3.63, 3.8) is 0 Å². The quantitative estimate of drug-likeness (QED) is 0.252. The lowest BCUT2D eigenvalue weighted by Gasteiger charge is -2.24. The van der Waals surface area contributed by atoms with Crippen LogP contribution in [0.5, 0.6) is 0 Å². The Hall–Kier alpha value is -3.22. The monoisotopic (exact) mass is 441 g/mol. The van der Waals surface area contributed by atoms with Gasteiger partial charge in [0.25, 0.3) is 21.6 Å². The fraction of sp³-hybridized carbons (Fsp3) is 0.125. The fourth-order valence-corrected chi connectivity index (χ4v) is 4.02. The van der Waals surface area contributed by atoms with Gasteiger partial charge in [0.1, 0.15) is 6.54 Å². The van der Waals surface area contributed by atoms with Crippen LogP contribution < -0.4 is 20.9 Å². The number of nitrogens with one attached hydrogen (secondary N) is 2. The lowest BCUT2D eigenvalue weighted by molar-refractivity contribution is -0.384. The fourth-order valence-electron chi connectivity index (χ4n) is 2.32. The van der Waals surface area contributed by atoms with Crippen LogP contribution in [0.4, 0.5) is 17.1 Å². The number of nitrogens with two attached hydrogens (primary N) is 1. The first-order chi connectivity index (χ1) is 13.6. The molecule has 13 heteroatoms. The van der Waals surface area contributed by atoms with E-state index in [2.05, 4.69) is 5.32 Å². The highest BCUT2D eigenvalue weighted by atomic mass is 35.5. The Bertz CT molecular complexity index is 1060. The van der Waals surface area contributed by atoms with Crippen molar-refractivity contribution >= 4 is 50.5 Å². The van der Waals surface area contributed by atoms with Crippen molar-refractivity contribution in [1.29, 1.82) is 0 Å². The van der Waals surface area contributed by atoms with E-state index < -0.39 is 33.1 Å². The Morgan fingerprint density at radius 1 is 1.21 bits per heavy atom. The summed E-state index contributed by atoms with van der Waals surface area (Å²) in [6, 6.07) is 8.31.